The van der Waals surface area contributed by atoms with Crippen LogP contribution in [0.4, 0.5) is 0 Å². The average Bonchev–Trinajstić information content (AvgIpc) is 3.18. The van der Waals surface area contributed by atoms with Crippen molar-refractivity contribution >= 4 is 10.2 Å². The minimum Gasteiger partial charge on any atom is -0.268 e. The second-order valence-corrected chi connectivity index (χ2v) is 9.73. The van der Waals surface area contributed by atoms with Gasteiger partial charge in [-0.1, -0.05) is 0 Å². The van der Waals surface area contributed by atoms with Gasteiger partial charge in [-0.15, -0.1) is 0 Å². The zero-order valence-corrected chi connectivity index (χ0v) is 16.1. The fraction of sp³-hybridized carbons (Fsp3) is 0.778. The van der Waals surface area contributed by atoms with Gasteiger partial charge in [0.25, 0.3) is 15.8 Å². The Kier molecular flexibility index (Phi) is 5.16. The van der Waals surface area contributed by atoms with E-state index in [4.69, 9.17) is 0 Å². The smallest absolute Gasteiger partial charge is 0.268 e. The number of aryl methyl sites for hydroxylation is 2. The first kappa shape index (κ1) is 18.1. The maximum absolute atomic E-state index is 12.7. The van der Waals surface area contributed by atoms with Crippen molar-refractivity contribution in [3.05, 3.63) is 27.7 Å². The fourth-order valence-electron chi connectivity index (χ4n) is 4.38. The third-order valence-electron chi connectivity index (χ3n) is 6.00. The number of fused-ring (bicyclic) bond motifs is 1. The molecule has 3 aliphatic rings. The van der Waals surface area contributed by atoms with E-state index in [-0.39, 0.29) is 5.56 Å². The fourth-order valence-corrected chi connectivity index (χ4v) is 6.10. The molecule has 0 spiro atoms. The van der Waals surface area contributed by atoms with Crippen molar-refractivity contribution < 1.29 is 8.42 Å². The molecule has 1 aromatic heterocycles. The number of aromatic nitrogens is 2. The molecule has 0 N–H and O–H groups in total. The molecule has 0 saturated carbocycles. The molecule has 26 heavy (non-hydrogen) atoms. The van der Waals surface area contributed by atoms with E-state index < -0.39 is 10.2 Å². The molecule has 1 aliphatic carbocycles. The third kappa shape index (κ3) is 3.59. The lowest BCUT2D eigenvalue weighted by Crippen LogP contribution is -2.46. The summed E-state index contributed by atoms with van der Waals surface area (Å²) >= 11 is 0. The van der Waals surface area contributed by atoms with E-state index in [2.05, 4.69) is 5.10 Å². The number of rotatable bonds is 4. The van der Waals surface area contributed by atoms with Gasteiger partial charge in [0.15, 0.2) is 0 Å². The lowest BCUT2D eigenvalue weighted by molar-refractivity contribution is 0.233. The summed E-state index contributed by atoms with van der Waals surface area (Å²) < 4.78 is 30.2. The van der Waals surface area contributed by atoms with Crippen molar-refractivity contribution in [2.75, 3.05) is 26.2 Å². The normalized spacial score (nSPS) is 23.2. The predicted octanol–water partition coefficient (Wildman–Crippen LogP) is 1.17. The van der Waals surface area contributed by atoms with Gasteiger partial charge < -0.3 is 0 Å². The minimum absolute atomic E-state index is 0.0160. The van der Waals surface area contributed by atoms with Crippen molar-refractivity contribution in [2.24, 2.45) is 5.92 Å². The van der Waals surface area contributed by atoms with Crippen LogP contribution in [-0.2, 0) is 29.6 Å². The van der Waals surface area contributed by atoms with Crippen LogP contribution in [0, 0.1) is 5.92 Å². The monoisotopic (exact) mass is 380 g/mol. The van der Waals surface area contributed by atoms with Crippen molar-refractivity contribution in [1.82, 2.24) is 18.4 Å². The lowest BCUT2D eigenvalue weighted by atomic mass is 9.96. The van der Waals surface area contributed by atoms with Gasteiger partial charge in [-0.05, 0) is 62.8 Å². The molecule has 1 aromatic rings. The molecule has 0 atom stereocenters. The largest absolute Gasteiger partial charge is 0.281 e. The van der Waals surface area contributed by atoms with Crippen LogP contribution in [0.25, 0.3) is 0 Å². The highest BCUT2D eigenvalue weighted by atomic mass is 32.2. The Balaban J connectivity index is 1.39. The van der Waals surface area contributed by atoms with Gasteiger partial charge in [-0.25, -0.2) is 4.68 Å². The lowest BCUT2D eigenvalue weighted by Gasteiger charge is -2.33. The molecule has 7 nitrogen and oxygen atoms in total. The van der Waals surface area contributed by atoms with Crippen LogP contribution in [-0.4, -0.2) is 53.0 Å². The average molecular weight is 381 g/mol. The first-order chi connectivity index (χ1) is 12.5. The highest BCUT2D eigenvalue weighted by molar-refractivity contribution is 7.86. The van der Waals surface area contributed by atoms with Crippen molar-refractivity contribution in [3.8, 4) is 0 Å². The number of hydrogen-bond acceptors (Lipinski definition) is 4. The second-order valence-electron chi connectivity index (χ2n) is 7.80. The Bertz CT molecular complexity index is 806. The molecule has 4 rings (SSSR count). The first-order valence-electron chi connectivity index (χ1n) is 9.89. The summed E-state index contributed by atoms with van der Waals surface area (Å²) in [6.07, 6.45) is 7.71. The second kappa shape index (κ2) is 7.40. The van der Waals surface area contributed by atoms with Crippen LogP contribution in [0.15, 0.2) is 10.9 Å². The molecule has 0 amide bonds. The van der Waals surface area contributed by atoms with E-state index in [9.17, 15) is 13.2 Å². The van der Waals surface area contributed by atoms with E-state index in [1.54, 1.807) is 19.4 Å². The van der Waals surface area contributed by atoms with E-state index in [0.717, 1.165) is 62.6 Å². The van der Waals surface area contributed by atoms with Crippen molar-refractivity contribution in [2.45, 2.75) is 57.9 Å². The third-order valence-corrected chi connectivity index (χ3v) is 8.03. The van der Waals surface area contributed by atoms with Gasteiger partial charge in [0.05, 0.1) is 5.69 Å². The molecular formula is C18H28N4O3S. The summed E-state index contributed by atoms with van der Waals surface area (Å²) in [6, 6.07) is 1.76. The van der Waals surface area contributed by atoms with Crippen LogP contribution < -0.4 is 5.56 Å². The molecule has 8 heteroatoms. The topological polar surface area (TPSA) is 75.5 Å². The highest BCUT2D eigenvalue weighted by Gasteiger charge is 2.34. The van der Waals surface area contributed by atoms with Crippen molar-refractivity contribution in [1.29, 1.82) is 0 Å². The molecule has 144 valence electrons. The summed E-state index contributed by atoms with van der Waals surface area (Å²) in [4.78, 5) is 12.3. The molecule has 0 radical (unpaired) electrons. The van der Waals surface area contributed by atoms with E-state index in [0.29, 0.717) is 38.6 Å². The number of piperidine rings is 1. The van der Waals surface area contributed by atoms with Gasteiger partial charge in [0.2, 0.25) is 0 Å². The maximum Gasteiger partial charge on any atom is 0.281 e. The molecule has 0 unspecified atom stereocenters. The van der Waals surface area contributed by atoms with E-state index in [1.165, 1.54) is 0 Å². The zero-order chi connectivity index (χ0) is 18.1. The molecule has 2 saturated heterocycles. The Morgan fingerprint density at radius 1 is 0.962 bits per heavy atom. The summed E-state index contributed by atoms with van der Waals surface area (Å²) in [5, 5.41) is 4.60. The van der Waals surface area contributed by atoms with Crippen LogP contribution in [0.2, 0.25) is 0 Å². The van der Waals surface area contributed by atoms with Gasteiger partial charge >= 0.3 is 0 Å². The minimum atomic E-state index is -3.30. The highest BCUT2D eigenvalue weighted by Crippen LogP contribution is 2.24. The molecule has 2 fully saturated rings. The van der Waals surface area contributed by atoms with Gasteiger partial charge in [-0.3, -0.25) is 4.79 Å². The number of nitrogens with zero attached hydrogens (tertiary/aromatic N) is 4. The SMILES string of the molecule is O=c1cc2c(nn1CC1CCN(S(=O)(=O)N3CCCC3)CC1)CCCC2. The molecule has 0 bridgehead atoms. The van der Waals surface area contributed by atoms with Gasteiger partial charge in [-0.2, -0.15) is 22.1 Å². The van der Waals surface area contributed by atoms with Crippen LogP contribution >= 0.6 is 0 Å². The Hall–Kier alpha value is -1.25. The Morgan fingerprint density at radius 3 is 2.35 bits per heavy atom. The standard InChI is InChI=1S/C18H28N4O3S/c23-18-13-16-5-1-2-6-17(16)19-22(18)14-15-7-11-21(12-8-15)26(24,25)20-9-3-4-10-20/h13,15H,1-12,14H2. The molecular weight excluding hydrogens is 352 g/mol. The molecule has 0 aromatic carbocycles. The molecule has 2 aliphatic heterocycles. The summed E-state index contributed by atoms with van der Waals surface area (Å²) in [6.45, 7) is 2.99. The van der Waals surface area contributed by atoms with Crippen LogP contribution in [0.5, 0.6) is 0 Å². The van der Waals surface area contributed by atoms with E-state index >= 15 is 0 Å². The van der Waals surface area contributed by atoms with E-state index in [1.807, 2.05) is 0 Å². The summed E-state index contributed by atoms with van der Waals surface area (Å²) in [5.74, 6) is 0.312. The van der Waals surface area contributed by atoms with Gasteiger partial charge in [0, 0.05) is 38.8 Å². The van der Waals surface area contributed by atoms with Crippen LogP contribution in [0.1, 0.15) is 49.8 Å². The summed E-state index contributed by atoms with van der Waals surface area (Å²) in [7, 11) is -3.30. The summed E-state index contributed by atoms with van der Waals surface area (Å²) in [5.41, 5.74) is 2.17. The van der Waals surface area contributed by atoms with Crippen molar-refractivity contribution in [3.63, 3.8) is 0 Å². The number of hydrogen-bond donors (Lipinski definition) is 0. The quantitative estimate of drug-likeness (QED) is 0.786. The molecule has 3 heterocycles. The predicted molar refractivity (Wildman–Crippen MR) is 99.2 cm³/mol. The first-order valence-corrected chi connectivity index (χ1v) is 11.3. The van der Waals surface area contributed by atoms with Gasteiger partial charge in [0.1, 0.15) is 0 Å². The van der Waals surface area contributed by atoms with Crippen LogP contribution in [0.3, 0.4) is 0 Å². The maximum atomic E-state index is 12.7. The Morgan fingerprint density at radius 2 is 1.62 bits per heavy atom. The zero-order valence-electron chi connectivity index (χ0n) is 15.3. The Labute approximate surface area is 155 Å².